The number of ether oxygens (including phenoxy) is 1. The van der Waals surface area contributed by atoms with E-state index in [1.807, 2.05) is 30.3 Å². The van der Waals surface area contributed by atoms with Crippen LogP contribution in [-0.4, -0.2) is 58.1 Å². The molecule has 3 rings (SSSR count). The van der Waals surface area contributed by atoms with Gasteiger partial charge in [0.1, 0.15) is 5.75 Å². The maximum absolute atomic E-state index is 11.2. The fourth-order valence-corrected chi connectivity index (χ4v) is 3.40. The summed E-state index contributed by atoms with van der Waals surface area (Å²) in [4.78, 5) is 13.4. The molecule has 1 aromatic heterocycles. The van der Waals surface area contributed by atoms with E-state index < -0.39 is 5.97 Å². The minimum atomic E-state index is -0.773. The molecule has 2 heterocycles. The lowest BCUT2D eigenvalue weighted by molar-refractivity contribution is -0.138. The Balaban J connectivity index is 1.65. The van der Waals surface area contributed by atoms with E-state index in [4.69, 9.17) is 9.84 Å². The number of carbonyl (C=O) groups is 1. The van der Waals surface area contributed by atoms with Crippen molar-refractivity contribution in [1.29, 1.82) is 0 Å². The van der Waals surface area contributed by atoms with Gasteiger partial charge in [-0.05, 0) is 12.0 Å². The van der Waals surface area contributed by atoms with Gasteiger partial charge in [0, 0.05) is 31.1 Å². The zero-order valence-corrected chi connectivity index (χ0v) is 14.1. The van der Waals surface area contributed by atoms with Gasteiger partial charge >= 0.3 is 5.97 Å². The number of likely N-dealkylation sites (tertiary alicyclic amines) is 1. The number of hydrogen-bond donors (Lipinski definition) is 2. The number of rotatable bonds is 7. The Kier molecular flexibility index (Phi) is 5.45. The second-order valence-corrected chi connectivity index (χ2v) is 6.22. The van der Waals surface area contributed by atoms with Crippen molar-refractivity contribution in [1.82, 2.24) is 20.3 Å². The molecule has 0 aliphatic carbocycles. The van der Waals surface area contributed by atoms with E-state index in [1.54, 1.807) is 13.3 Å². The second kappa shape index (κ2) is 7.94. The van der Waals surface area contributed by atoms with Crippen molar-refractivity contribution < 1.29 is 14.6 Å². The van der Waals surface area contributed by atoms with E-state index in [9.17, 15) is 4.79 Å². The van der Waals surface area contributed by atoms with Crippen molar-refractivity contribution in [2.24, 2.45) is 5.92 Å². The number of aliphatic carboxylic acids is 1. The molecule has 1 aromatic carbocycles. The number of para-hydroxylation sites is 1. The number of carboxylic acid groups (broad SMARTS) is 1. The normalized spacial score (nSPS) is 21.0. The van der Waals surface area contributed by atoms with Crippen LogP contribution in [0.15, 0.2) is 36.5 Å². The highest BCUT2D eigenvalue weighted by Crippen LogP contribution is 2.33. The van der Waals surface area contributed by atoms with Crippen LogP contribution in [0.2, 0.25) is 0 Å². The Labute approximate surface area is 146 Å². The molecule has 1 saturated heterocycles. The van der Waals surface area contributed by atoms with E-state index in [0.717, 1.165) is 36.6 Å². The van der Waals surface area contributed by atoms with Gasteiger partial charge in [-0.1, -0.05) is 30.4 Å². The molecule has 7 nitrogen and oxygen atoms in total. The summed E-state index contributed by atoms with van der Waals surface area (Å²) in [6.07, 6.45) is 5.95. The minimum absolute atomic E-state index is 0.0438. The molecule has 0 saturated carbocycles. The fourth-order valence-electron chi connectivity index (χ4n) is 3.40. The van der Waals surface area contributed by atoms with E-state index in [-0.39, 0.29) is 18.3 Å². The molecule has 0 radical (unpaired) electrons. The fraction of sp³-hybridized carbons (Fsp3) is 0.389. The summed E-state index contributed by atoms with van der Waals surface area (Å²) in [5.74, 6) is 0.200. The molecule has 132 valence electrons. The molecular formula is C18H22N4O3. The number of benzene rings is 1. The quantitative estimate of drug-likeness (QED) is 0.800. The average Bonchev–Trinajstić information content (AvgIpc) is 3.24. The predicted molar refractivity (Wildman–Crippen MR) is 93.3 cm³/mol. The lowest BCUT2D eigenvalue weighted by Crippen LogP contribution is -2.21. The first-order chi connectivity index (χ1) is 12.2. The van der Waals surface area contributed by atoms with Gasteiger partial charge in [0.05, 0.1) is 25.4 Å². The molecule has 0 amide bonds. The third-order valence-corrected chi connectivity index (χ3v) is 4.57. The van der Waals surface area contributed by atoms with Crippen LogP contribution in [-0.2, 0) is 4.79 Å². The first-order valence-corrected chi connectivity index (χ1v) is 8.26. The molecule has 2 atom stereocenters. The van der Waals surface area contributed by atoms with Crippen LogP contribution in [0.5, 0.6) is 5.75 Å². The summed E-state index contributed by atoms with van der Waals surface area (Å²) in [5, 5.41) is 19.8. The van der Waals surface area contributed by atoms with Gasteiger partial charge in [0.25, 0.3) is 0 Å². The molecule has 0 spiro atoms. The number of nitrogens with zero attached hydrogens (tertiary/aromatic N) is 3. The van der Waals surface area contributed by atoms with Crippen LogP contribution in [0.25, 0.3) is 6.08 Å². The zero-order valence-electron chi connectivity index (χ0n) is 14.1. The Morgan fingerprint density at radius 2 is 2.28 bits per heavy atom. The van der Waals surface area contributed by atoms with E-state index in [1.165, 1.54) is 0 Å². The van der Waals surface area contributed by atoms with Crippen LogP contribution < -0.4 is 4.74 Å². The Morgan fingerprint density at radius 3 is 3.00 bits per heavy atom. The number of aromatic amines is 1. The van der Waals surface area contributed by atoms with Crippen LogP contribution in [0.4, 0.5) is 0 Å². The Morgan fingerprint density at radius 1 is 1.44 bits per heavy atom. The summed E-state index contributed by atoms with van der Waals surface area (Å²) in [6, 6.07) is 7.85. The van der Waals surface area contributed by atoms with Gasteiger partial charge in [-0.3, -0.25) is 9.69 Å². The first-order valence-electron chi connectivity index (χ1n) is 8.26. The Hall–Kier alpha value is -2.67. The Bertz CT molecular complexity index is 730. The third kappa shape index (κ3) is 4.24. The maximum Gasteiger partial charge on any atom is 0.303 e. The van der Waals surface area contributed by atoms with E-state index in [2.05, 4.69) is 26.4 Å². The summed E-state index contributed by atoms with van der Waals surface area (Å²) >= 11 is 0. The van der Waals surface area contributed by atoms with Crippen molar-refractivity contribution in [3.05, 3.63) is 47.8 Å². The minimum Gasteiger partial charge on any atom is -0.496 e. The second-order valence-electron chi connectivity index (χ2n) is 6.22. The van der Waals surface area contributed by atoms with Crippen LogP contribution in [0.3, 0.4) is 0 Å². The number of aromatic nitrogens is 3. The SMILES string of the molecule is COc1ccccc1/C=C/CN1C[C@H](CC(=O)O)[C@H](c2cn[nH]n2)C1. The van der Waals surface area contributed by atoms with Crippen LogP contribution >= 0.6 is 0 Å². The van der Waals surface area contributed by atoms with E-state index in [0.29, 0.717) is 0 Å². The highest BCUT2D eigenvalue weighted by atomic mass is 16.5. The summed E-state index contributed by atoms with van der Waals surface area (Å²) in [7, 11) is 1.66. The molecule has 0 bridgehead atoms. The molecule has 1 aliphatic heterocycles. The zero-order chi connectivity index (χ0) is 17.6. The van der Waals surface area contributed by atoms with Crippen molar-refractivity contribution >= 4 is 12.0 Å². The molecule has 1 aliphatic rings. The van der Waals surface area contributed by atoms with E-state index >= 15 is 0 Å². The van der Waals surface area contributed by atoms with Crippen LogP contribution in [0, 0.1) is 5.92 Å². The van der Waals surface area contributed by atoms with Crippen molar-refractivity contribution in [3.63, 3.8) is 0 Å². The maximum atomic E-state index is 11.2. The molecule has 2 N–H and O–H groups in total. The van der Waals surface area contributed by atoms with Gasteiger partial charge in [0.2, 0.25) is 0 Å². The van der Waals surface area contributed by atoms with Gasteiger partial charge in [-0.15, -0.1) is 0 Å². The molecule has 1 fully saturated rings. The average molecular weight is 342 g/mol. The largest absolute Gasteiger partial charge is 0.496 e. The number of hydrogen-bond acceptors (Lipinski definition) is 5. The number of nitrogens with one attached hydrogen (secondary N) is 1. The van der Waals surface area contributed by atoms with Gasteiger partial charge in [-0.2, -0.15) is 15.4 Å². The lowest BCUT2D eigenvalue weighted by Gasteiger charge is -2.12. The highest BCUT2D eigenvalue weighted by molar-refractivity contribution is 5.67. The summed E-state index contributed by atoms with van der Waals surface area (Å²) in [6.45, 7) is 2.27. The lowest BCUT2D eigenvalue weighted by atomic mass is 9.91. The smallest absolute Gasteiger partial charge is 0.303 e. The standard InChI is InChI=1S/C18H22N4O3/c1-25-17-7-3-2-5-13(17)6-4-8-22-11-14(9-18(23)24)15(12-22)16-10-19-21-20-16/h2-7,10,14-15H,8-9,11-12H2,1H3,(H,23,24)(H,19,20,21)/b6-4+/t14-,15+/m0/s1. The third-order valence-electron chi connectivity index (χ3n) is 4.57. The number of methoxy groups -OCH3 is 1. The first kappa shape index (κ1) is 17.2. The number of carboxylic acids is 1. The summed E-state index contributed by atoms with van der Waals surface area (Å²) in [5.41, 5.74) is 1.86. The molecule has 7 heteroatoms. The summed E-state index contributed by atoms with van der Waals surface area (Å²) < 4.78 is 5.35. The molecule has 2 aromatic rings. The van der Waals surface area contributed by atoms with Crippen LogP contribution in [0.1, 0.15) is 23.6 Å². The molecule has 25 heavy (non-hydrogen) atoms. The van der Waals surface area contributed by atoms with Gasteiger partial charge < -0.3 is 9.84 Å². The molecule has 0 unspecified atom stereocenters. The predicted octanol–water partition coefficient (Wildman–Crippen LogP) is 2.02. The van der Waals surface area contributed by atoms with Crippen molar-refractivity contribution in [2.75, 3.05) is 26.7 Å². The monoisotopic (exact) mass is 342 g/mol. The van der Waals surface area contributed by atoms with Gasteiger partial charge in [-0.25, -0.2) is 0 Å². The van der Waals surface area contributed by atoms with Crippen molar-refractivity contribution in [2.45, 2.75) is 12.3 Å². The topological polar surface area (TPSA) is 91.3 Å². The van der Waals surface area contributed by atoms with Crippen molar-refractivity contribution in [3.8, 4) is 5.75 Å². The van der Waals surface area contributed by atoms with Gasteiger partial charge in [0.15, 0.2) is 0 Å². The highest BCUT2D eigenvalue weighted by Gasteiger charge is 2.36. The number of H-pyrrole nitrogens is 1. The molecular weight excluding hydrogens is 320 g/mol.